The summed E-state index contributed by atoms with van der Waals surface area (Å²) in [7, 11) is -2.09. The number of nitrogens with zero attached hydrogens (tertiary/aromatic N) is 1. The fraction of sp³-hybridized carbons (Fsp3) is 0.400. The number of methoxy groups -OCH3 is 1. The molecule has 0 radical (unpaired) electrons. The van der Waals surface area contributed by atoms with Crippen LogP contribution < -0.4 is 9.46 Å². The second-order valence-electron chi connectivity index (χ2n) is 5.36. The van der Waals surface area contributed by atoms with Gasteiger partial charge in [-0.1, -0.05) is 5.16 Å². The predicted octanol–water partition coefficient (Wildman–Crippen LogP) is 2.67. The molecule has 0 fully saturated rings. The summed E-state index contributed by atoms with van der Waals surface area (Å²) in [5.41, 5.74) is 1.84. The van der Waals surface area contributed by atoms with E-state index in [0.717, 1.165) is 42.6 Å². The zero-order chi connectivity index (χ0) is 15.7. The molecule has 1 aliphatic rings. The van der Waals surface area contributed by atoms with Gasteiger partial charge in [0.25, 0.3) is 10.0 Å². The Labute approximate surface area is 129 Å². The van der Waals surface area contributed by atoms with Crippen LogP contribution in [0.25, 0.3) is 0 Å². The summed E-state index contributed by atoms with van der Waals surface area (Å²) in [6.07, 6.45) is 3.60. The van der Waals surface area contributed by atoms with E-state index in [1.54, 1.807) is 32.2 Å². The minimum absolute atomic E-state index is 0.192. The third-order valence-corrected chi connectivity index (χ3v) is 5.26. The molecule has 1 aromatic carbocycles. The Hall–Kier alpha value is -2.02. The number of fused-ring (bicyclic) bond motifs is 1. The third kappa shape index (κ3) is 2.68. The van der Waals surface area contributed by atoms with Gasteiger partial charge >= 0.3 is 0 Å². The van der Waals surface area contributed by atoms with E-state index in [1.807, 2.05) is 0 Å². The van der Waals surface area contributed by atoms with Gasteiger partial charge in [-0.2, -0.15) is 0 Å². The first kappa shape index (κ1) is 14.9. The minimum Gasteiger partial charge on any atom is -0.496 e. The summed E-state index contributed by atoms with van der Waals surface area (Å²) in [5.74, 6) is 1.50. The Morgan fingerprint density at radius 1 is 1.23 bits per heavy atom. The maximum absolute atomic E-state index is 12.6. The van der Waals surface area contributed by atoms with Gasteiger partial charge in [0.1, 0.15) is 11.5 Å². The van der Waals surface area contributed by atoms with Crippen LogP contribution >= 0.6 is 0 Å². The first-order chi connectivity index (χ1) is 10.5. The molecule has 0 saturated heterocycles. The molecule has 0 amide bonds. The van der Waals surface area contributed by atoms with Crippen molar-refractivity contribution in [3.8, 4) is 5.75 Å². The normalized spacial score (nSPS) is 14.5. The molecule has 1 aromatic heterocycles. The van der Waals surface area contributed by atoms with Crippen LogP contribution in [0.5, 0.6) is 5.75 Å². The molecule has 0 bridgehead atoms. The van der Waals surface area contributed by atoms with Crippen LogP contribution in [0.15, 0.2) is 27.6 Å². The van der Waals surface area contributed by atoms with Crippen LogP contribution in [0.3, 0.4) is 0 Å². The lowest BCUT2D eigenvalue weighted by molar-refractivity contribution is 0.400. The standard InChI is InChI=1S/C15H18N2O4S/c1-10-9-15(16-21-10)17-22(18,19)14-8-7-13(20-2)11-5-3-4-6-12(11)14/h7-9H,3-6H2,1-2H3,(H,16,17). The van der Waals surface area contributed by atoms with Crippen molar-refractivity contribution < 1.29 is 17.7 Å². The molecule has 0 spiro atoms. The van der Waals surface area contributed by atoms with Crippen LogP contribution in [0.4, 0.5) is 5.82 Å². The molecule has 7 heteroatoms. The minimum atomic E-state index is -3.69. The first-order valence-electron chi connectivity index (χ1n) is 7.16. The molecule has 3 rings (SSSR count). The zero-order valence-electron chi connectivity index (χ0n) is 12.5. The van der Waals surface area contributed by atoms with Gasteiger partial charge < -0.3 is 9.26 Å². The lowest BCUT2D eigenvalue weighted by Crippen LogP contribution is -2.18. The lowest BCUT2D eigenvalue weighted by Gasteiger charge is -2.21. The first-order valence-corrected chi connectivity index (χ1v) is 8.64. The van der Waals surface area contributed by atoms with Gasteiger partial charge in [-0.3, -0.25) is 4.72 Å². The Bertz CT molecular complexity index is 796. The number of benzene rings is 1. The summed E-state index contributed by atoms with van der Waals surface area (Å²) in [5, 5.41) is 3.68. The molecule has 0 atom stereocenters. The van der Waals surface area contributed by atoms with Crippen LogP contribution in [0, 0.1) is 6.92 Å². The highest BCUT2D eigenvalue weighted by Gasteiger charge is 2.25. The zero-order valence-corrected chi connectivity index (χ0v) is 13.4. The molecule has 0 aliphatic heterocycles. The second kappa shape index (κ2) is 5.64. The summed E-state index contributed by atoms with van der Waals surface area (Å²) >= 11 is 0. The van der Waals surface area contributed by atoms with Crippen molar-refractivity contribution in [2.45, 2.75) is 37.5 Å². The number of aryl methyl sites for hydroxylation is 1. The van der Waals surface area contributed by atoms with Crippen LogP contribution in [0.2, 0.25) is 0 Å². The molecule has 22 heavy (non-hydrogen) atoms. The number of hydrogen-bond acceptors (Lipinski definition) is 5. The van der Waals surface area contributed by atoms with E-state index < -0.39 is 10.0 Å². The van der Waals surface area contributed by atoms with Gasteiger partial charge in [0.2, 0.25) is 0 Å². The molecule has 1 heterocycles. The number of aromatic nitrogens is 1. The van der Waals surface area contributed by atoms with Gasteiger partial charge in [0.05, 0.1) is 12.0 Å². The van der Waals surface area contributed by atoms with Crippen LogP contribution in [-0.2, 0) is 22.9 Å². The Balaban J connectivity index is 2.03. The quantitative estimate of drug-likeness (QED) is 0.936. The van der Waals surface area contributed by atoms with Crippen molar-refractivity contribution in [2.75, 3.05) is 11.8 Å². The van der Waals surface area contributed by atoms with Crippen molar-refractivity contribution in [1.82, 2.24) is 5.16 Å². The highest BCUT2D eigenvalue weighted by Crippen LogP contribution is 2.34. The SMILES string of the molecule is COc1ccc(S(=O)(=O)Nc2cc(C)on2)c2c1CCCC2. The highest BCUT2D eigenvalue weighted by molar-refractivity contribution is 7.92. The number of sulfonamides is 1. The fourth-order valence-electron chi connectivity index (χ4n) is 2.85. The topological polar surface area (TPSA) is 81.4 Å². The van der Waals surface area contributed by atoms with Gasteiger partial charge in [0, 0.05) is 6.07 Å². The fourth-order valence-corrected chi connectivity index (χ4v) is 4.13. The Morgan fingerprint density at radius 2 is 1.95 bits per heavy atom. The van der Waals surface area contributed by atoms with Crippen LogP contribution in [0.1, 0.15) is 29.7 Å². The van der Waals surface area contributed by atoms with Gasteiger partial charge in [-0.15, -0.1) is 0 Å². The summed E-state index contributed by atoms with van der Waals surface area (Å²) < 4.78 is 38.0. The summed E-state index contributed by atoms with van der Waals surface area (Å²) in [4.78, 5) is 0.295. The molecule has 0 unspecified atom stereocenters. The van der Waals surface area contributed by atoms with Gasteiger partial charge in [-0.05, 0) is 55.9 Å². The Kier molecular flexibility index (Phi) is 3.82. The second-order valence-corrected chi connectivity index (χ2v) is 7.01. The lowest BCUT2D eigenvalue weighted by atomic mass is 9.91. The molecular formula is C15H18N2O4S. The van der Waals surface area contributed by atoms with Crippen molar-refractivity contribution in [2.24, 2.45) is 0 Å². The van der Waals surface area contributed by atoms with Crippen molar-refractivity contribution >= 4 is 15.8 Å². The highest BCUT2D eigenvalue weighted by atomic mass is 32.2. The van der Waals surface area contributed by atoms with Crippen molar-refractivity contribution in [3.63, 3.8) is 0 Å². The van der Waals surface area contributed by atoms with Gasteiger partial charge in [0.15, 0.2) is 5.82 Å². The summed E-state index contributed by atoms with van der Waals surface area (Å²) in [6.45, 7) is 1.71. The molecule has 6 nitrogen and oxygen atoms in total. The number of anilines is 1. The number of nitrogens with one attached hydrogen (secondary N) is 1. The maximum Gasteiger partial charge on any atom is 0.263 e. The van der Waals surface area contributed by atoms with E-state index >= 15 is 0 Å². The van der Waals surface area contributed by atoms with E-state index in [2.05, 4.69) is 9.88 Å². The van der Waals surface area contributed by atoms with E-state index in [9.17, 15) is 8.42 Å². The average molecular weight is 322 g/mol. The molecule has 118 valence electrons. The maximum atomic E-state index is 12.6. The predicted molar refractivity (Wildman–Crippen MR) is 81.7 cm³/mol. The van der Waals surface area contributed by atoms with Crippen LogP contribution in [-0.4, -0.2) is 20.7 Å². The Morgan fingerprint density at radius 3 is 2.59 bits per heavy atom. The molecular weight excluding hydrogens is 304 g/mol. The van der Waals surface area contributed by atoms with Crippen molar-refractivity contribution in [3.05, 3.63) is 35.1 Å². The largest absolute Gasteiger partial charge is 0.496 e. The van der Waals surface area contributed by atoms with E-state index in [0.29, 0.717) is 10.7 Å². The summed E-state index contributed by atoms with van der Waals surface area (Å²) in [6, 6.07) is 4.86. The molecule has 1 aliphatic carbocycles. The number of hydrogen-bond donors (Lipinski definition) is 1. The monoisotopic (exact) mass is 322 g/mol. The average Bonchev–Trinajstić information content (AvgIpc) is 2.90. The smallest absolute Gasteiger partial charge is 0.263 e. The third-order valence-electron chi connectivity index (χ3n) is 3.83. The molecule has 0 saturated carbocycles. The molecule has 2 aromatic rings. The number of rotatable bonds is 4. The molecule has 1 N–H and O–H groups in total. The van der Waals surface area contributed by atoms with Crippen molar-refractivity contribution in [1.29, 1.82) is 0 Å². The number of ether oxygens (including phenoxy) is 1. The van der Waals surface area contributed by atoms with E-state index in [4.69, 9.17) is 9.26 Å². The van der Waals surface area contributed by atoms with Gasteiger partial charge in [-0.25, -0.2) is 8.42 Å². The van der Waals surface area contributed by atoms with E-state index in [-0.39, 0.29) is 5.82 Å². The van der Waals surface area contributed by atoms with E-state index in [1.165, 1.54) is 0 Å².